The highest BCUT2D eigenvalue weighted by atomic mass is 19.2. The number of nitrogens with one attached hydrogen (secondary N) is 1. The van der Waals surface area contributed by atoms with E-state index in [9.17, 15) is 18.0 Å². The zero-order chi connectivity index (χ0) is 18.7. The molecule has 4 nitrogen and oxygen atoms in total. The average molecular weight is 361 g/mol. The molecule has 1 heterocycles. The highest BCUT2D eigenvalue weighted by molar-refractivity contribution is 5.94. The summed E-state index contributed by atoms with van der Waals surface area (Å²) in [6, 6.07) is 9.40. The van der Waals surface area contributed by atoms with Gasteiger partial charge in [-0.25, -0.2) is 18.2 Å². The predicted octanol–water partition coefficient (Wildman–Crippen LogP) is 3.84. The van der Waals surface area contributed by atoms with Crippen molar-refractivity contribution in [3.05, 3.63) is 65.2 Å². The largest absolute Gasteiger partial charge is 0.351 e. The third kappa shape index (κ3) is 3.42. The van der Waals surface area contributed by atoms with Crippen molar-refractivity contribution >= 4 is 16.9 Å². The molecule has 0 aliphatic carbocycles. The Morgan fingerprint density at radius 2 is 1.88 bits per heavy atom. The highest BCUT2D eigenvalue weighted by Gasteiger charge is 2.18. The molecule has 1 amide bonds. The number of hydrogen-bond acceptors (Lipinski definition) is 2. The lowest BCUT2D eigenvalue weighted by atomic mass is 10.2. The normalized spacial score (nSPS) is 11.1. The second-order valence-electron chi connectivity index (χ2n) is 5.90. The summed E-state index contributed by atoms with van der Waals surface area (Å²) in [4.78, 5) is 16.6. The summed E-state index contributed by atoms with van der Waals surface area (Å²) < 4.78 is 42.0. The molecule has 0 aliphatic rings. The number of aryl methyl sites for hydroxylation is 1. The van der Waals surface area contributed by atoms with Gasteiger partial charge in [0.15, 0.2) is 17.5 Å². The van der Waals surface area contributed by atoms with Crippen molar-refractivity contribution in [1.82, 2.24) is 14.9 Å². The van der Waals surface area contributed by atoms with Gasteiger partial charge in [0, 0.05) is 19.5 Å². The van der Waals surface area contributed by atoms with Crippen LogP contribution in [-0.4, -0.2) is 22.0 Å². The quantitative estimate of drug-likeness (QED) is 0.678. The van der Waals surface area contributed by atoms with Gasteiger partial charge in [0.05, 0.1) is 16.6 Å². The number of rotatable bonds is 6. The number of hydrogen-bond donors (Lipinski definition) is 1. The number of fused-ring (bicyclic) bond motifs is 1. The third-order valence-electron chi connectivity index (χ3n) is 4.09. The van der Waals surface area contributed by atoms with E-state index >= 15 is 0 Å². The fourth-order valence-corrected chi connectivity index (χ4v) is 2.87. The molecule has 3 rings (SSSR count). The second-order valence-corrected chi connectivity index (χ2v) is 5.90. The van der Waals surface area contributed by atoms with Crippen LogP contribution in [0, 0.1) is 17.5 Å². The maximum atomic E-state index is 13.7. The molecule has 0 aliphatic heterocycles. The van der Waals surface area contributed by atoms with Crippen LogP contribution in [0.25, 0.3) is 11.0 Å². The summed E-state index contributed by atoms with van der Waals surface area (Å²) in [7, 11) is 0. The fraction of sp³-hybridized carbons (Fsp3) is 0.263. The number of halogens is 3. The molecular formula is C19H18F3N3O. The van der Waals surface area contributed by atoms with Gasteiger partial charge in [-0.2, -0.15) is 0 Å². The molecule has 136 valence electrons. The lowest BCUT2D eigenvalue weighted by Gasteiger charge is -2.09. The van der Waals surface area contributed by atoms with Crippen molar-refractivity contribution in [3.8, 4) is 0 Å². The predicted molar refractivity (Wildman–Crippen MR) is 92.4 cm³/mol. The van der Waals surface area contributed by atoms with E-state index in [1.54, 1.807) is 0 Å². The van der Waals surface area contributed by atoms with E-state index in [4.69, 9.17) is 0 Å². The molecule has 3 aromatic rings. The van der Waals surface area contributed by atoms with Crippen molar-refractivity contribution in [2.45, 2.75) is 26.3 Å². The summed E-state index contributed by atoms with van der Waals surface area (Å²) in [5.74, 6) is -4.45. The molecule has 1 N–H and O–H groups in total. The zero-order valence-corrected chi connectivity index (χ0v) is 14.2. The van der Waals surface area contributed by atoms with E-state index in [0.29, 0.717) is 6.42 Å². The van der Waals surface area contributed by atoms with E-state index in [1.807, 2.05) is 24.3 Å². The van der Waals surface area contributed by atoms with Crippen LogP contribution in [-0.2, 0) is 13.0 Å². The van der Waals surface area contributed by atoms with Crippen molar-refractivity contribution in [2.75, 3.05) is 6.54 Å². The number of imidazole rings is 1. The van der Waals surface area contributed by atoms with Gasteiger partial charge in [0.2, 0.25) is 0 Å². The molecule has 0 spiro atoms. The highest BCUT2D eigenvalue weighted by Crippen LogP contribution is 2.17. The molecular weight excluding hydrogens is 343 g/mol. The summed E-state index contributed by atoms with van der Waals surface area (Å²) in [6.45, 7) is 3.05. The van der Waals surface area contributed by atoms with Crippen LogP contribution >= 0.6 is 0 Å². The zero-order valence-electron chi connectivity index (χ0n) is 14.2. The first-order chi connectivity index (χ1) is 12.5. The summed E-state index contributed by atoms with van der Waals surface area (Å²) in [5, 5.41) is 2.53. The average Bonchev–Trinajstić information content (AvgIpc) is 2.98. The third-order valence-corrected chi connectivity index (χ3v) is 4.09. The molecule has 0 saturated carbocycles. The number of carbonyl (C=O) groups excluding carboxylic acids is 1. The van der Waals surface area contributed by atoms with E-state index in [2.05, 4.69) is 21.8 Å². The molecule has 0 fully saturated rings. The molecule has 0 atom stereocenters. The Bertz CT molecular complexity index is 953. The van der Waals surface area contributed by atoms with Crippen LogP contribution in [0.5, 0.6) is 0 Å². The Labute approximate surface area is 148 Å². The maximum absolute atomic E-state index is 13.7. The van der Waals surface area contributed by atoms with Crippen LogP contribution < -0.4 is 5.32 Å². The van der Waals surface area contributed by atoms with Crippen LogP contribution in [0.2, 0.25) is 0 Å². The van der Waals surface area contributed by atoms with Crippen LogP contribution in [0.1, 0.15) is 29.5 Å². The topological polar surface area (TPSA) is 46.9 Å². The first kappa shape index (κ1) is 18.0. The van der Waals surface area contributed by atoms with Gasteiger partial charge in [-0.05, 0) is 30.7 Å². The molecule has 0 bridgehead atoms. The number of nitrogens with zero attached hydrogens (tertiary/aromatic N) is 2. The lowest BCUT2D eigenvalue weighted by molar-refractivity contribution is 0.0948. The van der Waals surface area contributed by atoms with Gasteiger partial charge in [-0.15, -0.1) is 0 Å². The van der Waals surface area contributed by atoms with Crippen molar-refractivity contribution in [3.63, 3.8) is 0 Å². The summed E-state index contributed by atoms with van der Waals surface area (Å²) in [6.07, 6.45) is 1.37. The van der Waals surface area contributed by atoms with E-state index < -0.39 is 28.9 Å². The Kier molecular flexibility index (Phi) is 5.25. The Balaban J connectivity index is 1.72. The molecule has 26 heavy (non-hydrogen) atoms. The Hall–Kier alpha value is -2.83. The molecule has 1 aromatic heterocycles. The number of amides is 1. The van der Waals surface area contributed by atoms with Crippen molar-refractivity contribution in [1.29, 1.82) is 0 Å². The van der Waals surface area contributed by atoms with Gasteiger partial charge in [-0.1, -0.05) is 19.1 Å². The van der Waals surface area contributed by atoms with Gasteiger partial charge >= 0.3 is 0 Å². The smallest absolute Gasteiger partial charge is 0.254 e. The SMILES string of the molecule is CCCn1c(CCNC(=O)c2ccc(F)c(F)c2F)nc2ccccc21. The molecule has 7 heteroatoms. The number of benzene rings is 2. The minimum absolute atomic E-state index is 0.199. The van der Waals surface area contributed by atoms with Crippen LogP contribution in [0.3, 0.4) is 0 Å². The van der Waals surface area contributed by atoms with Crippen molar-refractivity contribution in [2.24, 2.45) is 0 Å². The number of para-hydroxylation sites is 2. The summed E-state index contributed by atoms with van der Waals surface area (Å²) in [5.41, 5.74) is 1.36. The number of carbonyl (C=O) groups is 1. The lowest BCUT2D eigenvalue weighted by Crippen LogP contribution is -2.27. The molecule has 0 saturated heterocycles. The number of aromatic nitrogens is 2. The van der Waals surface area contributed by atoms with E-state index in [0.717, 1.165) is 42.0 Å². The van der Waals surface area contributed by atoms with Crippen LogP contribution in [0.15, 0.2) is 36.4 Å². The first-order valence-electron chi connectivity index (χ1n) is 8.38. The minimum atomic E-state index is -1.65. The molecule has 0 unspecified atom stereocenters. The van der Waals surface area contributed by atoms with Gasteiger partial charge in [0.25, 0.3) is 5.91 Å². The first-order valence-corrected chi connectivity index (χ1v) is 8.38. The Morgan fingerprint density at radius 3 is 2.65 bits per heavy atom. The van der Waals surface area contributed by atoms with Crippen molar-refractivity contribution < 1.29 is 18.0 Å². The van der Waals surface area contributed by atoms with Gasteiger partial charge in [0.1, 0.15) is 5.82 Å². The second kappa shape index (κ2) is 7.59. The summed E-state index contributed by atoms with van der Waals surface area (Å²) >= 11 is 0. The standard InChI is InChI=1S/C19H18F3N3O/c1-2-11-25-15-6-4-3-5-14(15)24-16(25)9-10-23-19(26)12-7-8-13(20)18(22)17(12)21/h3-8H,2,9-11H2,1H3,(H,23,26). The molecule has 2 aromatic carbocycles. The van der Waals surface area contributed by atoms with E-state index in [1.165, 1.54) is 0 Å². The monoisotopic (exact) mass is 361 g/mol. The van der Waals surface area contributed by atoms with Gasteiger partial charge < -0.3 is 9.88 Å². The maximum Gasteiger partial charge on any atom is 0.254 e. The van der Waals surface area contributed by atoms with Crippen LogP contribution in [0.4, 0.5) is 13.2 Å². The minimum Gasteiger partial charge on any atom is -0.351 e. The van der Waals surface area contributed by atoms with Gasteiger partial charge in [-0.3, -0.25) is 4.79 Å². The van der Waals surface area contributed by atoms with E-state index in [-0.39, 0.29) is 6.54 Å². The molecule has 0 radical (unpaired) electrons. The Morgan fingerprint density at radius 1 is 1.12 bits per heavy atom. The fourth-order valence-electron chi connectivity index (χ4n) is 2.87.